The van der Waals surface area contributed by atoms with E-state index in [-0.39, 0.29) is 5.91 Å². The average Bonchev–Trinajstić information content (AvgIpc) is 2.83. The van der Waals surface area contributed by atoms with Crippen LogP contribution in [0.4, 0.5) is 5.69 Å². The second-order valence-corrected chi connectivity index (χ2v) is 4.05. The van der Waals surface area contributed by atoms with Crippen molar-refractivity contribution in [1.29, 1.82) is 0 Å². The first-order valence-electron chi connectivity index (χ1n) is 5.60. The third kappa shape index (κ3) is 2.62. The fourth-order valence-corrected chi connectivity index (χ4v) is 1.83. The van der Waals surface area contributed by atoms with Crippen molar-refractivity contribution in [2.24, 2.45) is 0 Å². The lowest BCUT2D eigenvalue weighted by atomic mass is 10.3. The molecule has 1 amide bonds. The number of aromatic amines is 1. The highest BCUT2D eigenvalue weighted by Gasteiger charge is 2.17. The first-order valence-corrected chi connectivity index (χ1v) is 5.60. The van der Waals surface area contributed by atoms with Gasteiger partial charge in [0.2, 0.25) is 5.91 Å². The Morgan fingerprint density at radius 3 is 2.88 bits per heavy atom. The second kappa shape index (κ2) is 5.14. The molecule has 2 rings (SSSR count). The Kier molecular flexibility index (Phi) is 3.58. The van der Waals surface area contributed by atoms with Crippen LogP contribution in [-0.2, 0) is 4.79 Å². The molecule has 0 unspecified atom stereocenters. The summed E-state index contributed by atoms with van der Waals surface area (Å²) < 4.78 is 0. The van der Waals surface area contributed by atoms with Crippen LogP contribution in [0.15, 0.2) is 18.5 Å². The summed E-state index contributed by atoms with van der Waals surface area (Å²) in [5.41, 5.74) is 0.917. The number of hydrogen-bond acceptors (Lipinski definition) is 3. The third-order valence-electron chi connectivity index (χ3n) is 2.91. The van der Waals surface area contributed by atoms with E-state index in [4.69, 9.17) is 0 Å². The second-order valence-electron chi connectivity index (χ2n) is 4.05. The summed E-state index contributed by atoms with van der Waals surface area (Å²) >= 11 is 0. The van der Waals surface area contributed by atoms with Crippen molar-refractivity contribution in [3.8, 4) is 0 Å². The van der Waals surface area contributed by atoms with Gasteiger partial charge in [-0.2, -0.15) is 0 Å². The van der Waals surface area contributed by atoms with Crippen LogP contribution < -0.4 is 10.2 Å². The Morgan fingerprint density at radius 2 is 2.25 bits per heavy atom. The Morgan fingerprint density at radius 1 is 1.50 bits per heavy atom. The van der Waals surface area contributed by atoms with Crippen LogP contribution in [0.25, 0.3) is 0 Å². The molecule has 1 aromatic heterocycles. The molecule has 0 spiro atoms. The molecular weight excluding hydrogens is 204 g/mol. The van der Waals surface area contributed by atoms with Gasteiger partial charge in [-0.15, -0.1) is 0 Å². The molecule has 0 radical (unpaired) electrons. The van der Waals surface area contributed by atoms with Crippen LogP contribution in [0, 0.1) is 0 Å². The molecule has 2 heterocycles. The van der Waals surface area contributed by atoms with Crippen LogP contribution in [-0.4, -0.2) is 55.6 Å². The Balaban J connectivity index is 1.87. The van der Waals surface area contributed by atoms with Gasteiger partial charge in [0.15, 0.2) is 0 Å². The lowest BCUT2D eigenvalue weighted by molar-refractivity contribution is -0.119. The van der Waals surface area contributed by atoms with E-state index in [9.17, 15) is 4.79 Å². The fraction of sp³-hybridized carbons (Fsp3) is 0.545. The largest absolute Gasteiger partial charge is 0.366 e. The Labute approximate surface area is 95.4 Å². The number of likely N-dealkylation sites (N-methyl/N-ethyl adjacent to an activating group) is 1. The smallest absolute Gasteiger partial charge is 0.240 e. The first-order chi connectivity index (χ1) is 7.77. The Bertz CT molecular complexity index is 330. The van der Waals surface area contributed by atoms with Crippen LogP contribution in [0.3, 0.4) is 0 Å². The minimum absolute atomic E-state index is 0.140. The zero-order chi connectivity index (χ0) is 11.4. The third-order valence-corrected chi connectivity index (χ3v) is 2.91. The molecule has 0 atom stereocenters. The van der Waals surface area contributed by atoms with Gasteiger partial charge in [-0.25, -0.2) is 0 Å². The molecule has 0 aliphatic carbocycles. The van der Waals surface area contributed by atoms with Gasteiger partial charge >= 0.3 is 0 Å². The molecule has 88 valence electrons. The number of nitrogens with one attached hydrogen (secondary N) is 2. The SMILES string of the molecule is CN(C(=O)CN1CCNCC1)c1cc[nH]c1. The minimum atomic E-state index is 0.140. The molecule has 16 heavy (non-hydrogen) atoms. The van der Waals surface area contributed by atoms with E-state index in [1.165, 1.54) is 0 Å². The molecule has 1 saturated heterocycles. The fourth-order valence-electron chi connectivity index (χ4n) is 1.83. The van der Waals surface area contributed by atoms with Crippen molar-refractivity contribution in [2.45, 2.75) is 0 Å². The number of aromatic nitrogens is 1. The van der Waals surface area contributed by atoms with Gasteiger partial charge in [-0.3, -0.25) is 9.69 Å². The van der Waals surface area contributed by atoms with Crippen molar-refractivity contribution in [3.05, 3.63) is 18.5 Å². The molecule has 0 saturated carbocycles. The van der Waals surface area contributed by atoms with Gasteiger partial charge in [0.25, 0.3) is 0 Å². The monoisotopic (exact) mass is 222 g/mol. The molecule has 0 aromatic carbocycles. The number of anilines is 1. The zero-order valence-electron chi connectivity index (χ0n) is 9.57. The lowest BCUT2D eigenvalue weighted by Gasteiger charge is -2.28. The normalized spacial score (nSPS) is 17.3. The maximum atomic E-state index is 12.0. The molecule has 5 heteroatoms. The summed E-state index contributed by atoms with van der Waals surface area (Å²) in [6, 6.07) is 1.90. The summed E-state index contributed by atoms with van der Waals surface area (Å²) in [5.74, 6) is 0.140. The van der Waals surface area contributed by atoms with Crippen molar-refractivity contribution in [2.75, 3.05) is 44.7 Å². The van der Waals surface area contributed by atoms with Crippen molar-refractivity contribution < 1.29 is 4.79 Å². The lowest BCUT2D eigenvalue weighted by Crippen LogP contribution is -2.47. The predicted molar refractivity (Wildman–Crippen MR) is 63.5 cm³/mol. The highest BCUT2D eigenvalue weighted by molar-refractivity contribution is 5.94. The molecule has 1 aromatic rings. The van der Waals surface area contributed by atoms with Gasteiger partial charge in [-0.1, -0.05) is 0 Å². The maximum absolute atomic E-state index is 12.0. The van der Waals surface area contributed by atoms with Gasteiger partial charge in [0.1, 0.15) is 0 Å². The minimum Gasteiger partial charge on any atom is -0.366 e. The number of hydrogen-bond donors (Lipinski definition) is 2. The van der Waals surface area contributed by atoms with E-state index in [0.29, 0.717) is 6.54 Å². The average molecular weight is 222 g/mol. The summed E-state index contributed by atoms with van der Waals surface area (Å²) in [7, 11) is 1.81. The number of amides is 1. The number of nitrogens with zero attached hydrogens (tertiary/aromatic N) is 2. The van der Waals surface area contributed by atoms with E-state index in [1.807, 2.05) is 25.5 Å². The number of rotatable bonds is 3. The molecule has 2 N–H and O–H groups in total. The van der Waals surface area contributed by atoms with Crippen molar-refractivity contribution >= 4 is 11.6 Å². The van der Waals surface area contributed by atoms with Gasteiger partial charge in [-0.05, 0) is 6.07 Å². The van der Waals surface area contributed by atoms with E-state index in [0.717, 1.165) is 31.9 Å². The first kappa shape index (κ1) is 11.2. The highest BCUT2D eigenvalue weighted by Crippen LogP contribution is 2.10. The number of carbonyl (C=O) groups is 1. The van der Waals surface area contributed by atoms with Gasteiger partial charge < -0.3 is 15.2 Å². The molecule has 0 bridgehead atoms. The standard InChI is InChI=1S/C11H18N4O/c1-14(10-2-3-13-8-10)11(16)9-15-6-4-12-5-7-15/h2-3,8,12-13H,4-7,9H2,1H3. The van der Waals surface area contributed by atoms with E-state index in [1.54, 1.807) is 4.90 Å². The van der Waals surface area contributed by atoms with Gasteiger partial charge in [0, 0.05) is 45.6 Å². The molecule has 1 fully saturated rings. The quantitative estimate of drug-likeness (QED) is 0.750. The summed E-state index contributed by atoms with van der Waals surface area (Å²) in [5, 5.41) is 3.27. The number of H-pyrrole nitrogens is 1. The van der Waals surface area contributed by atoms with Crippen LogP contribution in [0.5, 0.6) is 0 Å². The van der Waals surface area contributed by atoms with Crippen LogP contribution >= 0.6 is 0 Å². The van der Waals surface area contributed by atoms with Gasteiger partial charge in [0.05, 0.1) is 12.2 Å². The molecule has 1 aliphatic heterocycles. The van der Waals surface area contributed by atoms with E-state index >= 15 is 0 Å². The summed E-state index contributed by atoms with van der Waals surface area (Å²) in [6.45, 7) is 4.35. The predicted octanol–water partition coefficient (Wildman–Crippen LogP) is -0.117. The summed E-state index contributed by atoms with van der Waals surface area (Å²) in [6.07, 6.45) is 3.65. The Hall–Kier alpha value is -1.33. The zero-order valence-corrected chi connectivity index (χ0v) is 9.57. The van der Waals surface area contributed by atoms with Crippen LogP contribution in [0.2, 0.25) is 0 Å². The summed E-state index contributed by atoms with van der Waals surface area (Å²) in [4.78, 5) is 18.8. The number of carbonyl (C=O) groups excluding carboxylic acids is 1. The highest BCUT2D eigenvalue weighted by atomic mass is 16.2. The van der Waals surface area contributed by atoms with Crippen LogP contribution in [0.1, 0.15) is 0 Å². The number of piperazine rings is 1. The molecule has 1 aliphatic rings. The van der Waals surface area contributed by atoms with E-state index in [2.05, 4.69) is 15.2 Å². The molecule has 5 nitrogen and oxygen atoms in total. The maximum Gasteiger partial charge on any atom is 0.240 e. The molecular formula is C11H18N4O. The topological polar surface area (TPSA) is 51.4 Å². The van der Waals surface area contributed by atoms with Crippen molar-refractivity contribution in [1.82, 2.24) is 15.2 Å². The van der Waals surface area contributed by atoms with E-state index < -0.39 is 0 Å². The van der Waals surface area contributed by atoms with Crippen molar-refractivity contribution in [3.63, 3.8) is 0 Å².